The summed E-state index contributed by atoms with van der Waals surface area (Å²) in [5, 5.41) is 11.7. The molecule has 0 spiro atoms. The van der Waals surface area contributed by atoms with Crippen LogP contribution in [0.2, 0.25) is 0 Å². The first-order valence-corrected chi connectivity index (χ1v) is 25.9. The van der Waals surface area contributed by atoms with Gasteiger partial charge in [0.2, 0.25) is 0 Å². The number of hydrogen-bond donors (Lipinski definition) is 0. The maximum absolute atomic E-state index is 12.8. The van der Waals surface area contributed by atoms with Crippen molar-refractivity contribution in [3.63, 3.8) is 0 Å². The Morgan fingerprint density at radius 2 is 0.869 bits per heavy atom. The Hall–Kier alpha value is -2.19. The van der Waals surface area contributed by atoms with Crippen molar-refractivity contribution >= 4 is 17.9 Å². The van der Waals surface area contributed by atoms with Gasteiger partial charge in [-0.25, -0.2) is 0 Å². The molecule has 0 amide bonds. The van der Waals surface area contributed by atoms with E-state index in [4.69, 9.17) is 14.2 Å². The van der Waals surface area contributed by atoms with Crippen LogP contribution in [0, 0.1) is 0 Å². The Morgan fingerprint density at radius 3 is 1.30 bits per heavy atom. The second-order valence-electron chi connectivity index (χ2n) is 18.8. The molecule has 0 saturated heterocycles. The monoisotopic (exact) mass is 862 g/mol. The van der Waals surface area contributed by atoms with Gasteiger partial charge in [0.15, 0.2) is 6.10 Å². The number of carboxylic acid groups (broad SMARTS) is 1. The van der Waals surface area contributed by atoms with Crippen LogP contribution in [0.25, 0.3) is 0 Å². The number of hydrogen-bond acceptors (Lipinski definition) is 7. The Labute approximate surface area is 377 Å². The SMILES string of the molecule is CCCCC/C=C\C/C=C\CCCCCCCCCC(=O)OC(COCCC(C(=O)[O-])[N+](C)(C)C)COC(=O)CCCCCCCCCCCCCCCCCCCCCC. The van der Waals surface area contributed by atoms with Gasteiger partial charge in [-0.15, -0.1) is 0 Å². The number of nitrogens with zero attached hydrogens (tertiary/aromatic N) is 1. The van der Waals surface area contributed by atoms with Gasteiger partial charge in [-0.3, -0.25) is 9.59 Å². The van der Waals surface area contributed by atoms with Crippen LogP contribution in [0.3, 0.4) is 0 Å². The van der Waals surface area contributed by atoms with Crippen LogP contribution < -0.4 is 5.11 Å². The topological polar surface area (TPSA) is 102 Å². The Kier molecular flexibility index (Phi) is 42.8. The molecule has 2 atom stereocenters. The van der Waals surface area contributed by atoms with Crippen molar-refractivity contribution in [1.82, 2.24) is 0 Å². The molecule has 8 heteroatoms. The van der Waals surface area contributed by atoms with E-state index in [-0.39, 0.29) is 42.7 Å². The summed E-state index contributed by atoms with van der Waals surface area (Å²) in [6.07, 6.45) is 50.6. The number of carbonyl (C=O) groups is 3. The van der Waals surface area contributed by atoms with E-state index >= 15 is 0 Å². The molecule has 0 aliphatic rings. The molecular formula is C53H99NO7. The van der Waals surface area contributed by atoms with Gasteiger partial charge in [-0.05, 0) is 44.9 Å². The second kappa shape index (κ2) is 44.4. The van der Waals surface area contributed by atoms with E-state index in [2.05, 4.69) is 38.2 Å². The number of rotatable bonds is 47. The van der Waals surface area contributed by atoms with Crippen molar-refractivity contribution in [2.75, 3.05) is 41.0 Å². The third-order valence-corrected chi connectivity index (χ3v) is 11.8. The molecule has 0 rings (SSSR count). The Bertz CT molecular complexity index is 1050. The minimum Gasteiger partial charge on any atom is -0.544 e. The van der Waals surface area contributed by atoms with Crippen molar-refractivity contribution in [2.24, 2.45) is 0 Å². The first-order valence-electron chi connectivity index (χ1n) is 25.9. The third kappa shape index (κ3) is 42.9. The number of unbranched alkanes of at least 4 members (excludes halogenated alkanes) is 29. The third-order valence-electron chi connectivity index (χ3n) is 11.8. The zero-order chi connectivity index (χ0) is 44.9. The fourth-order valence-electron chi connectivity index (χ4n) is 7.81. The van der Waals surface area contributed by atoms with E-state index in [1.165, 1.54) is 161 Å². The summed E-state index contributed by atoms with van der Waals surface area (Å²) in [7, 11) is 5.42. The molecule has 8 nitrogen and oxygen atoms in total. The molecule has 0 heterocycles. The zero-order valence-electron chi connectivity index (χ0n) is 40.8. The highest BCUT2D eigenvalue weighted by molar-refractivity contribution is 5.70. The standard InChI is InChI=1S/C53H99NO7/c1-6-8-10-12-14-16-18-20-22-24-25-26-28-29-31-33-35-37-39-41-43-51(55)60-48-49(47-59-46-45-50(53(57)58)54(3,4)5)61-52(56)44-42-40-38-36-34-32-30-27-23-21-19-17-15-13-11-9-7-2/h15,17,21,23,49-50H,6-14,16,18-20,22,24-48H2,1-5H3/b17-15-,23-21-. The van der Waals surface area contributed by atoms with Gasteiger partial charge in [0, 0.05) is 19.3 Å². The number of quaternary nitrogens is 1. The Morgan fingerprint density at radius 1 is 0.492 bits per heavy atom. The lowest BCUT2D eigenvalue weighted by molar-refractivity contribution is -0.889. The summed E-state index contributed by atoms with van der Waals surface area (Å²) in [5.74, 6) is -1.73. The number of aliphatic carboxylic acids is 1. The van der Waals surface area contributed by atoms with Gasteiger partial charge < -0.3 is 28.6 Å². The molecule has 0 radical (unpaired) electrons. The van der Waals surface area contributed by atoms with Crippen LogP contribution in [-0.2, 0) is 28.6 Å². The number of ether oxygens (including phenoxy) is 3. The lowest BCUT2D eigenvalue weighted by Gasteiger charge is -2.34. The average molecular weight is 862 g/mol. The van der Waals surface area contributed by atoms with E-state index in [1.54, 1.807) is 21.1 Å². The summed E-state index contributed by atoms with van der Waals surface area (Å²) >= 11 is 0. The van der Waals surface area contributed by atoms with E-state index in [1.807, 2.05) is 0 Å². The summed E-state index contributed by atoms with van der Waals surface area (Å²) in [5.41, 5.74) is 0. The molecule has 0 aromatic carbocycles. The number of allylic oxidation sites excluding steroid dienone is 4. The average Bonchev–Trinajstić information content (AvgIpc) is 3.22. The molecule has 0 aromatic rings. The summed E-state index contributed by atoms with van der Waals surface area (Å²) in [6.45, 7) is 4.67. The molecule has 0 N–H and O–H groups in total. The summed E-state index contributed by atoms with van der Waals surface area (Å²) in [6, 6.07) is -0.725. The molecule has 0 bridgehead atoms. The van der Waals surface area contributed by atoms with Gasteiger partial charge in [0.1, 0.15) is 12.6 Å². The largest absolute Gasteiger partial charge is 0.544 e. The molecular weight excluding hydrogens is 763 g/mol. The van der Waals surface area contributed by atoms with E-state index in [9.17, 15) is 19.5 Å². The quantitative estimate of drug-likeness (QED) is 0.0260. The molecule has 61 heavy (non-hydrogen) atoms. The normalized spacial score (nSPS) is 13.0. The smallest absolute Gasteiger partial charge is 0.306 e. The van der Waals surface area contributed by atoms with Crippen LogP contribution in [-0.4, -0.2) is 75.5 Å². The molecule has 0 aromatic heterocycles. The molecule has 0 aliphatic carbocycles. The van der Waals surface area contributed by atoms with Crippen LogP contribution in [0.4, 0.5) is 0 Å². The maximum atomic E-state index is 12.8. The van der Waals surface area contributed by atoms with Crippen LogP contribution in [0.15, 0.2) is 24.3 Å². The zero-order valence-corrected chi connectivity index (χ0v) is 40.8. The highest BCUT2D eigenvalue weighted by atomic mass is 16.6. The van der Waals surface area contributed by atoms with Crippen molar-refractivity contribution in [2.45, 2.75) is 257 Å². The van der Waals surface area contributed by atoms with Crippen LogP contribution in [0.1, 0.15) is 245 Å². The summed E-state index contributed by atoms with van der Waals surface area (Å²) < 4.78 is 17.2. The van der Waals surface area contributed by atoms with E-state index in [0.29, 0.717) is 12.8 Å². The molecule has 0 saturated carbocycles. The van der Waals surface area contributed by atoms with Crippen molar-refractivity contribution in [1.29, 1.82) is 0 Å². The summed E-state index contributed by atoms with van der Waals surface area (Å²) in [4.78, 5) is 37.0. The Balaban J connectivity index is 4.21. The number of carbonyl (C=O) groups excluding carboxylic acids is 3. The fraction of sp³-hybridized carbons (Fsp3) is 0.868. The molecule has 2 unspecified atom stereocenters. The van der Waals surface area contributed by atoms with Gasteiger partial charge in [0.05, 0.1) is 40.3 Å². The number of esters is 2. The van der Waals surface area contributed by atoms with Gasteiger partial charge >= 0.3 is 11.9 Å². The number of likely N-dealkylation sites (N-methyl/N-ethyl adjacent to an activating group) is 1. The fourth-order valence-corrected chi connectivity index (χ4v) is 7.81. The highest BCUT2D eigenvalue weighted by Gasteiger charge is 2.25. The first-order chi connectivity index (χ1) is 29.6. The van der Waals surface area contributed by atoms with Crippen molar-refractivity contribution in [3.8, 4) is 0 Å². The molecule has 0 fully saturated rings. The predicted octanol–water partition coefficient (Wildman–Crippen LogP) is 13.5. The van der Waals surface area contributed by atoms with Crippen molar-refractivity contribution < 1.29 is 38.2 Å². The number of carboxylic acids is 1. The van der Waals surface area contributed by atoms with Gasteiger partial charge in [-0.2, -0.15) is 0 Å². The minimum atomic E-state index is -1.12. The van der Waals surface area contributed by atoms with Gasteiger partial charge in [-0.1, -0.05) is 205 Å². The van der Waals surface area contributed by atoms with E-state index < -0.39 is 18.1 Å². The van der Waals surface area contributed by atoms with Crippen molar-refractivity contribution in [3.05, 3.63) is 24.3 Å². The predicted molar refractivity (Wildman–Crippen MR) is 254 cm³/mol. The van der Waals surface area contributed by atoms with E-state index in [0.717, 1.165) is 51.4 Å². The highest BCUT2D eigenvalue weighted by Crippen LogP contribution is 2.16. The molecule has 358 valence electrons. The molecule has 0 aliphatic heterocycles. The van der Waals surface area contributed by atoms with Gasteiger partial charge in [0.25, 0.3) is 0 Å². The first kappa shape index (κ1) is 58.8. The van der Waals surface area contributed by atoms with Crippen LogP contribution in [0.5, 0.6) is 0 Å². The maximum Gasteiger partial charge on any atom is 0.306 e. The lowest BCUT2D eigenvalue weighted by Crippen LogP contribution is -2.55. The lowest BCUT2D eigenvalue weighted by atomic mass is 10.0. The minimum absolute atomic E-state index is 0.0418. The van der Waals surface area contributed by atoms with Crippen LogP contribution >= 0.6 is 0 Å². The second-order valence-corrected chi connectivity index (χ2v) is 18.8.